The third-order valence-electron chi connectivity index (χ3n) is 2.06. The van der Waals surface area contributed by atoms with Gasteiger partial charge in [-0.25, -0.2) is 4.98 Å². The fraction of sp³-hybridized carbons (Fsp3) is 0.400. The molecule has 4 heteroatoms. The van der Waals surface area contributed by atoms with Crippen LogP contribution >= 0.6 is 0 Å². The Bertz CT molecular complexity index is 348. The molecule has 4 nitrogen and oxygen atoms in total. The Labute approximate surface area is 82.3 Å². The van der Waals surface area contributed by atoms with Crippen molar-refractivity contribution in [2.75, 3.05) is 12.4 Å². The van der Waals surface area contributed by atoms with Gasteiger partial charge in [-0.15, -0.1) is 0 Å². The normalized spacial score (nSPS) is 14.9. The Kier molecular flexibility index (Phi) is 2.35. The maximum absolute atomic E-state index is 10.5. The fourth-order valence-corrected chi connectivity index (χ4v) is 1.17. The highest BCUT2D eigenvalue weighted by Gasteiger charge is 2.24. The lowest BCUT2D eigenvalue weighted by Crippen LogP contribution is -2.03. The number of carbonyl (C=O) groups excluding carboxylic acids is 1. The van der Waals surface area contributed by atoms with Gasteiger partial charge in [0.25, 0.3) is 0 Å². The van der Waals surface area contributed by atoms with Crippen LogP contribution < -0.4 is 10.1 Å². The number of hydrogen-bond acceptors (Lipinski definition) is 4. The first-order chi connectivity index (χ1) is 6.83. The van der Waals surface area contributed by atoms with Crippen molar-refractivity contribution in [2.45, 2.75) is 18.9 Å². The number of anilines is 1. The average Bonchev–Trinajstić information content (AvgIpc) is 3.02. The third kappa shape index (κ3) is 1.84. The summed E-state index contributed by atoms with van der Waals surface area (Å²) in [6, 6.07) is 3.44. The predicted molar refractivity (Wildman–Crippen MR) is 52.8 cm³/mol. The molecule has 0 aliphatic heterocycles. The number of aromatic nitrogens is 1. The maximum atomic E-state index is 10.5. The van der Waals surface area contributed by atoms with Crippen molar-refractivity contribution in [3.05, 3.63) is 17.8 Å². The van der Waals surface area contributed by atoms with Crippen LogP contribution in [0, 0.1) is 0 Å². The minimum absolute atomic E-state index is 0.339. The molecule has 0 amide bonds. The van der Waals surface area contributed by atoms with E-state index in [1.165, 1.54) is 0 Å². The van der Waals surface area contributed by atoms with E-state index in [0.717, 1.165) is 24.9 Å². The van der Waals surface area contributed by atoms with E-state index in [4.69, 9.17) is 4.74 Å². The van der Waals surface area contributed by atoms with E-state index < -0.39 is 0 Å². The Hall–Kier alpha value is -1.58. The van der Waals surface area contributed by atoms with Crippen LogP contribution in [-0.2, 0) is 0 Å². The zero-order chi connectivity index (χ0) is 9.97. The summed E-state index contributed by atoms with van der Waals surface area (Å²) in [5.74, 6) is 1.35. The highest BCUT2D eigenvalue weighted by Crippen LogP contribution is 2.30. The number of carbonyl (C=O) groups is 1. The molecule has 0 bridgehead atoms. The lowest BCUT2D eigenvalue weighted by molar-refractivity contribution is 0.111. The zero-order valence-corrected chi connectivity index (χ0v) is 7.99. The molecule has 1 aromatic rings. The molecule has 1 aromatic heterocycles. The molecule has 14 heavy (non-hydrogen) atoms. The van der Waals surface area contributed by atoms with Crippen molar-refractivity contribution >= 4 is 12.1 Å². The first-order valence-corrected chi connectivity index (χ1v) is 4.64. The standard InChI is InChI=1S/C10H12N2O2/c1-11-10-9(14-8-3-4-8)5-2-7(6-13)12-10/h2,5-6,8H,3-4H2,1H3,(H,11,12). The van der Waals surface area contributed by atoms with Crippen LogP contribution in [0.25, 0.3) is 0 Å². The smallest absolute Gasteiger partial charge is 0.169 e. The van der Waals surface area contributed by atoms with Crippen molar-refractivity contribution in [3.63, 3.8) is 0 Å². The summed E-state index contributed by atoms with van der Waals surface area (Å²) in [5.41, 5.74) is 0.414. The highest BCUT2D eigenvalue weighted by atomic mass is 16.5. The SMILES string of the molecule is CNc1nc(C=O)ccc1OC1CC1. The van der Waals surface area contributed by atoms with E-state index in [9.17, 15) is 4.79 Å². The first kappa shape index (κ1) is 8.99. The molecular formula is C10H12N2O2. The second-order valence-corrected chi connectivity index (χ2v) is 3.27. The van der Waals surface area contributed by atoms with Crippen LogP contribution in [-0.4, -0.2) is 24.4 Å². The maximum Gasteiger partial charge on any atom is 0.169 e. The molecule has 74 valence electrons. The molecule has 0 aromatic carbocycles. The van der Waals surface area contributed by atoms with Crippen molar-refractivity contribution in [3.8, 4) is 5.75 Å². The molecule has 1 aliphatic carbocycles. The number of nitrogens with zero attached hydrogens (tertiary/aromatic N) is 1. The van der Waals surface area contributed by atoms with E-state index in [0.29, 0.717) is 17.6 Å². The van der Waals surface area contributed by atoms with Crippen LogP contribution in [0.5, 0.6) is 5.75 Å². The van der Waals surface area contributed by atoms with E-state index >= 15 is 0 Å². The number of rotatable bonds is 4. The van der Waals surface area contributed by atoms with Gasteiger partial charge >= 0.3 is 0 Å². The predicted octanol–water partition coefficient (Wildman–Crippen LogP) is 1.48. The lowest BCUT2D eigenvalue weighted by atomic mass is 10.3. The third-order valence-corrected chi connectivity index (χ3v) is 2.06. The minimum Gasteiger partial charge on any atom is -0.487 e. The van der Waals surface area contributed by atoms with E-state index in [-0.39, 0.29) is 0 Å². The van der Waals surface area contributed by atoms with Gasteiger partial charge < -0.3 is 10.1 Å². The molecule has 0 saturated heterocycles. The van der Waals surface area contributed by atoms with Gasteiger partial charge in [-0.2, -0.15) is 0 Å². The Morgan fingerprint density at radius 3 is 2.93 bits per heavy atom. The molecule has 1 saturated carbocycles. The van der Waals surface area contributed by atoms with Gasteiger partial charge in [0.15, 0.2) is 17.9 Å². The van der Waals surface area contributed by atoms with Gasteiger partial charge in [-0.1, -0.05) is 0 Å². The topological polar surface area (TPSA) is 51.2 Å². The summed E-state index contributed by atoms with van der Waals surface area (Å²) in [6.07, 6.45) is 3.28. The van der Waals surface area contributed by atoms with E-state index in [2.05, 4.69) is 10.3 Å². The van der Waals surface area contributed by atoms with Crippen molar-refractivity contribution in [1.82, 2.24) is 4.98 Å². The van der Waals surface area contributed by atoms with Gasteiger partial charge in [0, 0.05) is 7.05 Å². The van der Waals surface area contributed by atoms with Crippen LogP contribution in [0.1, 0.15) is 23.3 Å². The van der Waals surface area contributed by atoms with Crippen LogP contribution in [0.15, 0.2) is 12.1 Å². The summed E-state index contributed by atoms with van der Waals surface area (Å²) in [6.45, 7) is 0. The number of aldehydes is 1. The number of pyridine rings is 1. The van der Waals surface area contributed by atoms with E-state index in [1.807, 2.05) is 0 Å². The monoisotopic (exact) mass is 192 g/mol. The summed E-state index contributed by atoms with van der Waals surface area (Å²) in [7, 11) is 1.76. The fourth-order valence-electron chi connectivity index (χ4n) is 1.17. The van der Waals surface area contributed by atoms with Gasteiger partial charge in [0.05, 0.1) is 6.10 Å². The molecule has 0 atom stereocenters. The molecular weight excluding hydrogens is 180 g/mol. The molecule has 0 unspecified atom stereocenters. The molecule has 1 fully saturated rings. The Morgan fingerprint density at radius 2 is 2.36 bits per heavy atom. The van der Waals surface area contributed by atoms with Crippen LogP contribution in [0.4, 0.5) is 5.82 Å². The summed E-state index contributed by atoms with van der Waals surface area (Å²) < 4.78 is 5.61. The highest BCUT2D eigenvalue weighted by molar-refractivity contribution is 5.73. The molecule has 0 spiro atoms. The van der Waals surface area contributed by atoms with Gasteiger partial charge in [0.1, 0.15) is 5.69 Å². The minimum atomic E-state index is 0.339. The Morgan fingerprint density at radius 1 is 1.57 bits per heavy atom. The van der Waals surface area contributed by atoms with Gasteiger partial charge in [0.2, 0.25) is 0 Å². The Balaban J connectivity index is 2.23. The number of ether oxygens (including phenoxy) is 1. The van der Waals surface area contributed by atoms with E-state index in [1.54, 1.807) is 19.2 Å². The van der Waals surface area contributed by atoms with Crippen molar-refractivity contribution < 1.29 is 9.53 Å². The molecule has 2 rings (SSSR count). The van der Waals surface area contributed by atoms with Gasteiger partial charge in [-0.3, -0.25) is 4.79 Å². The van der Waals surface area contributed by atoms with Crippen molar-refractivity contribution in [1.29, 1.82) is 0 Å². The summed E-state index contributed by atoms with van der Waals surface area (Å²) in [5, 5.41) is 2.91. The summed E-state index contributed by atoms with van der Waals surface area (Å²) >= 11 is 0. The molecule has 1 aliphatic rings. The second kappa shape index (κ2) is 3.65. The summed E-state index contributed by atoms with van der Waals surface area (Å²) in [4.78, 5) is 14.6. The zero-order valence-electron chi connectivity index (χ0n) is 7.99. The number of nitrogens with one attached hydrogen (secondary N) is 1. The first-order valence-electron chi connectivity index (χ1n) is 4.64. The molecule has 1 heterocycles. The average molecular weight is 192 g/mol. The van der Waals surface area contributed by atoms with Crippen LogP contribution in [0.2, 0.25) is 0 Å². The number of hydrogen-bond donors (Lipinski definition) is 1. The van der Waals surface area contributed by atoms with Crippen molar-refractivity contribution in [2.24, 2.45) is 0 Å². The quantitative estimate of drug-likeness (QED) is 0.734. The molecule has 1 N–H and O–H groups in total. The largest absolute Gasteiger partial charge is 0.487 e. The lowest BCUT2D eigenvalue weighted by Gasteiger charge is -2.09. The van der Waals surface area contributed by atoms with Crippen LogP contribution in [0.3, 0.4) is 0 Å². The van der Waals surface area contributed by atoms with Gasteiger partial charge in [-0.05, 0) is 25.0 Å². The second-order valence-electron chi connectivity index (χ2n) is 3.27. The molecule has 0 radical (unpaired) electrons.